The molecule has 1 aromatic carbocycles. The Morgan fingerprint density at radius 2 is 2.19 bits per heavy atom. The lowest BCUT2D eigenvalue weighted by Gasteiger charge is -2.20. The zero-order chi connectivity index (χ0) is 15.1. The van der Waals surface area contributed by atoms with Crippen molar-refractivity contribution in [3.8, 4) is 5.75 Å². The van der Waals surface area contributed by atoms with Crippen molar-refractivity contribution >= 4 is 32.7 Å². The summed E-state index contributed by atoms with van der Waals surface area (Å²) in [5.74, 6) is 0.307. The minimum atomic E-state index is 0.0947. The summed E-state index contributed by atoms with van der Waals surface area (Å²) >= 11 is 3.45. The van der Waals surface area contributed by atoms with Crippen molar-refractivity contribution in [1.29, 1.82) is 0 Å². The molecule has 5 heteroatoms. The van der Waals surface area contributed by atoms with Gasteiger partial charge in [-0.15, -0.1) is 0 Å². The Labute approximate surface area is 131 Å². The number of carbonyl (C=O) groups is 1. The monoisotopic (exact) mass is 348 g/mol. The highest BCUT2D eigenvalue weighted by atomic mass is 79.9. The molecule has 110 valence electrons. The molecule has 0 bridgehead atoms. The average Bonchev–Trinajstić information content (AvgIpc) is 2.65. The van der Waals surface area contributed by atoms with E-state index in [1.54, 1.807) is 13.0 Å². The van der Waals surface area contributed by atoms with E-state index in [0.717, 1.165) is 47.1 Å². The molecule has 3 rings (SSSR count). The lowest BCUT2D eigenvalue weighted by atomic mass is 10.00. The lowest BCUT2D eigenvalue weighted by molar-refractivity contribution is -0.129. The smallest absolute Gasteiger partial charge is 0.219 e. The molecular weight excluding hydrogens is 332 g/mol. The quantitative estimate of drug-likeness (QED) is 0.794. The fourth-order valence-corrected chi connectivity index (χ4v) is 3.61. The van der Waals surface area contributed by atoms with Crippen LogP contribution in [0.2, 0.25) is 0 Å². The van der Waals surface area contributed by atoms with Crippen molar-refractivity contribution in [1.82, 2.24) is 9.88 Å². The number of phenols is 1. The van der Waals surface area contributed by atoms with Crippen molar-refractivity contribution in [3.63, 3.8) is 0 Å². The fraction of sp³-hybridized carbons (Fsp3) is 0.375. The third-order valence-electron chi connectivity index (χ3n) is 4.17. The van der Waals surface area contributed by atoms with Gasteiger partial charge in [-0.2, -0.15) is 0 Å². The number of rotatable bonds is 0. The van der Waals surface area contributed by atoms with Crippen molar-refractivity contribution in [3.05, 3.63) is 33.4 Å². The molecule has 0 atom stereocenters. The Morgan fingerprint density at radius 1 is 1.43 bits per heavy atom. The second-order valence-corrected chi connectivity index (χ2v) is 6.29. The summed E-state index contributed by atoms with van der Waals surface area (Å²) in [4.78, 5) is 18.3. The summed E-state index contributed by atoms with van der Waals surface area (Å²) in [6.07, 6.45) is 1.82. The summed E-state index contributed by atoms with van der Waals surface area (Å²) in [5.41, 5.74) is 4.15. The maximum atomic E-state index is 11.7. The zero-order valence-electron chi connectivity index (χ0n) is 12.1. The fourth-order valence-electron chi connectivity index (χ4n) is 2.98. The first-order valence-corrected chi connectivity index (χ1v) is 7.83. The number of carbonyl (C=O) groups excluding carboxylic acids is 1. The highest BCUT2D eigenvalue weighted by Gasteiger charge is 2.21. The van der Waals surface area contributed by atoms with Gasteiger partial charge >= 0.3 is 0 Å². The van der Waals surface area contributed by atoms with Crippen LogP contribution in [0.15, 0.2) is 16.6 Å². The standard InChI is InChI=1S/C16H17BrN2O2/c1-9-11-8-19(10(2)20)7-3-4-12(11)18-13-5-6-14(21)16(17)15(9)13/h5-6,21H,3-4,7-8H2,1-2H3. The highest BCUT2D eigenvalue weighted by Crippen LogP contribution is 2.36. The topological polar surface area (TPSA) is 53.4 Å². The molecular formula is C16H17BrN2O2. The van der Waals surface area contributed by atoms with Gasteiger partial charge < -0.3 is 10.0 Å². The van der Waals surface area contributed by atoms with E-state index in [2.05, 4.69) is 15.9 Å². The summed E-state index contributed by atoms with van der Waals surface area (Å²) < 4.78 is 0.673. The molecule has 2 aromatic rings. The van der Waals surface area contributed by atoms with Crippen LogP contribution in [-0.4, -0.2) is 27.4 Å². The van der Waals surface area contributed by atoms with Crippen molar-refractivity contribution < 1.29 is 9.90 Å². The second-order valence-electron chi connectivity index (χ2n) is 5.50. The van der Waals surface area contributed by atoms with Crippen LogP contribution >= 0.6 is 15.9 Å². The number of nitrogens with zero attached hydrogens (tertiary/aromatic N) is 2. The number of aromatic hydroxyl groups is 1. The van der Waals surface area contributed by atoms with Crippen LogP contribution in [0.1, 0.15) is 30.2 Å². The van der Waals surface area contributed by atoms with Crippen LogP contribution in [0.4, 0.5) is 0 Å². The Morgan fingerprint density at radius 3 is 2.90 bits per heavy atom. The Kier molecular flexibility index (Phi) is 3.61. The first kappa shape index (κ1) is 14.3. The SMILES string of the molecule is CC(=O)N1CCCc2nc3ccc(O)c(Br)c3c(C)c2C1. The molecule has 4 nitrogen and oxygen atoms in total. The first-order chi connectivity index (χ1) is 9.99. The van der Waals surface area contributed by atoms with Gasteiger partial charge in [-0.05, 0) is 59.0 Å². The number of benzene rings is 1. The normalized spacial score (nSPS) is 14.9. The van der Waals surface area contributed by atoms with Crippen LogP contribution < -0.4 is 0 Å². The molecule has 0 radical (unpaired) electrons. The molecule has 0 aliphatic carbocycles. The maximum Gasteiger partial charge on any atom is 0.219 e. The number of amides is 1. The molecule has 1 amide bonds. The zero-order valence-corrected chi connectivity index (χ0v) is 13.7. The van der Waals surface area contributed by atoms with Crippen LogP contribution in [0.3, 0.4) is 0 Å². The second kappa shape index (κ2) is 5.30. The van der Waals surface area contributed by atoms with Crippen LogP contribution in [0, 0.1) is 6.92 Å². The molecule has 1 aromatic heterocycles. The van der Waals surface area contributed by atoms with E-state index in [-0.39, 0.29) is 11.7 Å². The van der Waals surface area contributed by atoms with E-state index in [1.807, 2.05) is 17.9 Å². The van der Waals surface area contributed by atoms with Gasteiger partial charge in [-0.25, -0.2) is 0 Å². The molecule has 1 aliphatic rings. The van der Waals surface area contributed by atoms with E-state index >= 15 is 0 Å². The van der Waals surface area contributed by atoms with E-state index in [4.69, 9.17) is 4.98 Å². The summed E-state index contributed by atoms with van der Waals surface area (Å²) in [6.45, 7) is 5.02. The molecule has 0 spiro atoms. The number of hydrogen-bond donors (Lipinski definition) is 1. The Bertz CT molecular complexity index is 743. The number of pyridine rings is 1. The summed E-state index contributed by atoms with van der Waals surface area (Å²) in [7, 11) is 0. The molecule has 0 saturated carbocycles. The van der Waals surface area contributed by atoms with Crippen LogP contribution in [-0.2, 0) is 17.8 Å². The van der Waals surface area contributed by atoms with Gasteiger partial charge in [0.25, 0.3) is 0 Å². The number of hydrogen-bond acceptors (Lipinski definition) is 3. The number of phenolic OH excluding ortho intramolecular Hbond substituents is 1. The minimum Gasteiger partial charge on any atom is -0.507 e. The predicted molar refractivity (Wildman–Crippen MR) is 85.3 cm³/mol. The van der Waals surface area contributed by atoms with Gasteiger partial charge in [0.1, 0.15) is 5.75 Å². The third-order valence-corrected chi connectivity index (χ3v) is 4.97. The minimum absolute atomic E-state index is 0.0947. The molecule has 1 N–H and O–H groups in total. The van der Waals surface area contributed by atoms with Crippen molar-refractivity contribution in [2.45, 2.75) is 33.2 Å². The molecule has 1 aliphatic heterocycles. The molecule has 21 heavy (non-hydrogen) atoms. The first-order valence-electron chi connectivity index (χ1n) is 7.04. The Balaban J connectivity index is 2.25. The predicted octanol–water partition coefficient (Wildman–Crippen LogP) is 3.31. The average molecular weight is 349 g/mol. The number of aromatic nitrogens is 1. The van der Waals surface area contributed by atoms with Crippen molar-refractivity contribution in [2.75, 3.05) is 6.54 Å². The van der Waals surface area contributed by atoms with Crippen molar-refractivity contribution in [2.24, 2.45) is 0 Å². The number of halogens is 1. The lowest BCUT2D eigenvalue weighted by Crippen LogP contribution is -2.28. The van der Waals surface area contributed by atoms with Gasteiger partial charge in [0.2, 0.25) is 5.91 Å². The van der Waals surface area contributed by atoms with Gasteiger partial charge in [0.15, 0.2) is 0 Å². The van der Waals surface area contributed by atoms with Gasteiger partial charge in [-0.1, -0.05) is 0 Å². The van der Waals surface area contributed by atoms with Crippen LogP contribution in [0.5, 0.6) is 5.75 Å². The number of fused-ring (bicyclic) bond motifs is 2. The largest absolute Gasteiger partial charge is 0.507 e. The van der Waals surface area contributed by atoms with E-state index in [0.29, 0.717) is 11.0 Å². The van der Waals surface area contributed by atoms with E-state index < -0.39 is 0 Å². The van der Waals surface area contributed by atoms with E-state index in [9.17, 15) is 9.90 Å². The summed E-state index contributed by atoms with van der Waals surface area (Å²) in [5, 5.41) is 10.8. The van der Waals surface area contributed by atoms with Crippen LogP contribution in [0.25, 0.3) is 10.9 Å². The molecule has 2 heterocycles. The summed E-state index contributed by atoms with van der Waals surface area (Å²) in [6, 6.07) is 3.50. The van der Waals surface area contributed by atoms with Gasteiger partial charge in [-0.3, -0.25) is 9.78 Å². The molecule has 0 saturated heterocycles. The number of aryl methyl sites for hydroxylation is 2. The van der Waals surface area contributed by atoms with E-state index in [1.165, 1.54) is 0 Å². The molecule has 0 unspecified atom stereocenters. The maximum absolute atomic E-state index is 11.7. The molecule has 0 fully saturated rings. The highest BCUT2D eigenvalue weighted by molar-refractivity contribution is 9.10. The van der Waals surface area contributed by atoms with Gasteiger partial charge in [0.05, 0.1) is 9.99 Å². The Hall–Kier alpha value is -1.62. The van der Waals surface area contributed by atoms with Gasteiger partial charge in [0, 0.05) is 31.1 Å². The third kappa shape index (κ3) is 2.39.